The number of hydrogen-bond acceptors (Lipinski definition) is 6. The van der Waals surface area contributed by atoms with Crippen molar-refractivity contribution in [3.05, 3.63) is 53.4 Å². The van der Waals surface area contributed by atoms with E-state index < -0.39 is 58.9 Å². The predicted molar refractivity (Wildman–Crippen MR) is 121 cm³/mol. The first-order valence-electron chi connectivity index (χ1n) is 11.5. The van der Waals surface area contributed by atoms with E-state index in [2.05, 4.69) is 15.7 Å². The number of nitrogens with one attached hydrogen (secondary N) is 2. The van der Waals surface area contributed by atoms with Gasteiger partial charge in [0.25, 0.3) is 11.8 Å². The van der Waals surface area contributed by atoms with Gasteiger partial charge in [-0.25, -0.2) is 9.82 Å². The minimum atomic E-state index is -4.88. The number of methoxy groups -OCH3 is 1. The monoisotopic (exact) mass is 528 g/mol. The Morgan fingerprint density at radius 1 is 1.27 bits per heavy atom. The van der Waals surface area contributed by atoms with Crippen molar-refractivity contribution in [2.75, 3.05) is 25.5 Å². The van der Waals surface area contributed by atoms with Gasteiger partial charge in [0.15, 0.2) is 17.2 Å². The van der Waals surface area contributed by atoms with Crippen molar-refractivity contribution < 1.29 is 41.0 Å². The van der Waals surface area contributed by atoms with E-state index >= 15 is 0 Å². The highest BCUT2D eigenvalue weighted by molar-refractivity contribution is 5.97. The van der Waals surface area contributed by atoms with Gasteiger partial charge < -0.3 is 14.8 Å². The molecule has 2 aliphatic heterocycles. The molecule has 2 aliphatic rings. The van der Waals surface area contributed by atoms with Crippen LogP contribution in [0.1, 0.15) is 42.2 Å². The largest absolute Gasteiger partial charge is 0.493 e. The molecule has 4 atom stereocenters. The van der Waals surface area contributed by atoms with E-state index in [9.17, 15) is 31.5 Å². The minimum absolute atomic E-state index is 0.00635. The van der Waals surface area contributed by atoms with E-state index in [1.165, 1.54) is 30.3 Å². The van der Waals surface area contributed by atoms with E-state index in [0.29, 0.717) is 13.1 Å². The molecule has 0 spiro atoms. The van der Waals surface area contributed by atoms with Crippen molar-refractivity contribution in [2.45, 2.75) is 44.1 Å². The first-order chi connectivity index (χ1) is 17.4. The number of alkyl halides is 3. The summed E-state index contributed by atoms with van der Waals surface area (Å²) in [6.07, 6.45) is -4.61. The summed E-state index contributed by atoms with van der Waals surface area (Å²) in [5, 5.41) is 3.84. The molecule has 8 nitrogen and oxygen atoms in total. The second kappa shape index (κ2) is 9.86. The summed E-state index contributed by atoms with van der Waals surface area (Å²) < 4.78 is 80.9. The zero-order valence-electron chi connectivity index (χ0n) is 20.2. The van der Waals surface area contributed by atoms with Crippen molar-refractivity contribution in [3.8, 4) is 5.75 Å². The molecule has 2 fully saturated rings. The molecule has 0 unspecified atom stereocenters. The lowest BCUT2D eigenvalue weighted by molar-refractivity contribution is -0.272. The number of pyridine rings is 1. The molecule has 2 N–H and O–H groups in total. The highest BCUT2D eigenvalue weighted by atomic mass is 19.4. The maximum absolute atomic E-state index is 14.5. The molecule has 37 heavy (non-hydrogen) atoms. The summed E-state index contributed by atoms with van der Waals surface area (Å²) in [5.74, 6) is -7.41. The molecular formula is C24H25F5N4O4. The average molecular weight is 528 g/mol. The molecule has 2 aromatic rings. The van der Waals surface area contributed by atoms with Crippen LogP contribution in [0.3, 0.4) is 0 Å². The van der Waals surface area contributed by atoms with Gasteiger partial charge >= 0.3 is 6.18 Å². The SMILES string of the molecule is COc1c([C@H]2[C@H](C(=O)Nc3ccnc(C(=O)N4CCCN4)c3)O[C@@](C)(C(F)(F)F)[C@H]2C)ccc(F)c1F. The highest BCUT2D eigenvalue weighted by Gasteiger charge is 2.65. The maximum Gasteiger partial charge on any atom is 0.417 e. The lowest BCUT2D eigenvalue weighted by atomic mass is 9.77. The Bertz CT molecular complexity index is 1200. The fourth-order valence-corrected chi connectivity index (χ4v) is 4.72. The lowest BCUT2D eigenvalue weighted by Gasteiger charge is -2.32. The number of aromatic nitrogens is 1. The molecule has 200 valence electrons. The predicted octanol–water partition coefficient (Wildman–Crippen LogP) is 3.80. The third kappa shape index (κ3) is 4.73. The summed E-state index contributed by atoms with van der Waals surface area (Å²) in [6, 6.07) is 4.48. The van der Waals surface area contributed by atoms with Gasteiger partial charge in [0, 0.05) is 42.4 Å². The molecule has 3 heterocycles. The number of halogens is 5. The Balaban J connectivity index is 1.68. The average Bonchev–Trinajstić information content (AvgIpc) is 3.48. The number of ether oxygens (including phenoxy) is 2. The maximum atomic E-state index is 14.5. The van der Waals surface area contributed by atoms with Gasteiger partial charge in [0.1, 0.15) is 11.8 Å². The zero-order valence-corrected chi connectivity index (χ0v) is 20.2. The van der Waals surface area contributed by atoms with Crippen molar-refractivity contribution in [3.63, 3.8) is 0 Å². The number of rotatable bonds is 5. The molecule has 0 radical (unpaired) electrons. The second-order valence-electron chi connectivity index (χ2n) is 9.08. The van der Waals surface area contributed by atoms with Gasteiger partial charge in [-0.05, 0) is 31.5 Å². The van der Waals surface area contributed by atoms with E-state index in [1.54, 1.807) is 0 Å². The normalized spacial score (nSPS) is 25.8. The summed E-state index contributed by atoms with van der Waals surface area (Å²) in [5.41, 5.74) is 0.0641. The van der Waals surface area contributed by atoms with E-state index in [-0.39, 0.29) is 16.9 Å². The first kappa shape index (κ1) is 26.7. The highest BCUT2D eigenvalue weighted by Crippen LogP contribution is 2.55. The zero-order chi connectivity index (χ0) is 27.1. The van der Waals surface area contributed by atoms with Gasteiger partial charge in [-0.15, -0.1) is 0 Å². The second-order valence-corrected chi connectivity index (χ2v) is 9.08. The number of hydrogen-bond donors (Lipinski definition) is 2. The van der Waals surface area contributed by atoms with Crippen LogP contribution >= 0.6 is 0 Å². The number of anilines is 1. The van der Waals surface area contributed by atoms with Crippen LogP contribution < -0.4 is 15.5 Å². The van der Waals surface area contributed by atoms with Gasteiger partial charge in [-0.1, -0.05) is 13.0 Å². The summed E-state index contributed by atoms with van der Waals surface area (Å²) in [7, 11) is 1.05. The van der Waals surface area contributed by atoms with Crippen LogP contribution in [0, 0.1) is 17.6 Å². The number of benzene rings is 1. The van der Waals surface area contributed by atoms with Gasteiger partial charge in [-0.3, -0.25) is 19.6 Å². The number of nitrogens with zero attached hydrogens (tertiary/aromatic N) is 2. The number of carbonyl (C=O) groups excluding carboxylic acids is 2. The molecule has 2 amide bonds. The van der Waals surface area contributed by atoms with Crippen LogP contribution in [-0.4, -0.2) is 59.9 Å². The first-order valence-corrected chi connectivity index (χ1v) is 11.5. The lowest BCUT2D eigenvalue weighted by Crippen LogP contribution is -2.47. The summed E-state index contributed by atoms with van der Waals surface area (Å²) in [4.78, 5) is 29.9. The topological polar surface area (TPSA) is 92.8 Å². The Morgan fingerprint density at radius 3 is 2.62 bits per heavy atom. The van der Waals surface area contributed by atoms with Gasteiger partial charge in [0.05, 0.1) is 7.11 Å². The van der Waals surface area contributed by atoms with Gasteiger partial charge in [-0.2, -0.15) is 17.6 Å². The van der Waals surface area contributed by atoms with Crippen LogP contribution in [0.4, 0.5) is 27.6 Å². The Labute approximate surface area is 209 Å². The van der Waals surface area contributed by atoms with Gasteiger partial charge in [0.2, 0.25) is 5.82 Å². The standard InChI is InChI=1S/C24H25F5N4O4/c1-12-17(14-5-6-15(25)18(26)19(14)36-3)20(37-23(12,2)24(27,28)29)21(34)32-13-7-9-30-16(11-13)22(35)33-10-4-8-31-33/h5-7,9,11-12,17,20,31H,4,8,10H2,1-3H3,(H,30,32,34)/t12-,17-,20+,23+/m0/s1. The number of amides is 2. The third-order valence-corrected chi connectivity index (χ3v) is 6.92. The fraction of sp³-hybridized carbons (Fsp3) is 0.458. The van der Waals surface area contributed by atoms with Crippen LogP contribution in [0.2, 0.25) is 0 Å². The van der Waals surface area contributed by atoms with E-state index in [1.807, 2.05) is 0 Å². The molecule has 13 heteroatoms. The van der Waals surface area contributed by atoms with Crippen LogP contribution in [0.5, 0.6) is 5.75 Å². The van der Waals surface area contributed by atoms with Crippen LogP contribution in [-0.2, 0) is 9.53 Å². The van der Waals surface area contributed by atoms with E-state index in [0.717, 1.165) is 32.6 Å². The Morgan fingerprint density at radius 2 is 2.00 bits per heavy atom. The van der Waals surface area contributed by atoms with Crippen LogP contribution in [0.25, 0.3) is 0 Å². The Hall–Kier alpha value is -3.32. The smallest absolute Gasteiger partial charge is 0.417 e. The van der Waals surface area contributed by atoms with Crippen molar-refractivity contribution in [1.29, 1.82) is 0 Å². The minimum Gasteiger partial charge on any atom is -0.493 e. The molecule has 1 aromatic heterocycles. The molecule has 4 rings (SSSR count). The number of carbonyl (C=O) groups is 2. The summed E-state index contributed by atoms with van der Waals surface area (Å²) >= 11 is 0. The quantitative estimate of drug-likeness (QED) is 0.574. The van der Waals surface area contributed by atoms with Crippen molar-refractivity contribution in [2.24, 2.45) is 5.92 Å². The molecular weight excluding hydrogens is 503 g/mol. The molecule has 0 saturated carbocycles. The van der Waals surface area contributed by atoms with E-state index in [4.69, 9.17) is 9.47 Å². The molecule has 0 bridgehead atoms. The molecule has 2 saturated heterocycles. The van der Waals surface area contributed by atoms with Crippen LogP contribution in [0.15, 0.2) is 30.5 Å². The summed E-state index contributed by atoms with van der Waals surface area (Å²) in [6.45, 7) is 3.11. The van der Waals surface area contributed by atoms with Crippen molar-refractivity contribution >= 4 is 17.5 Å². The van der Waals surface area contributed by atoms with Crippen molar-refractivity contribution in [1.82, 2.24) is 15.4 Å². The third-order valence-electron chi connectivity index (χ3n) is 6.92. The molecule has 0 aliphatic carbocycles. The molecule has 1 aromatic carbocycles. The number of hydrazine groups is 1. The Kier molecular flexibility index (Phi) is 7.12. The fourth-order valence-electron chi connectivity index (χ4n) is 4.72.